The van der Waals surface area contributed by atoms with Gasteiger partial charge in [0.1, 0.15) is 5.75 Å². The number of hydrogen-bond acceptors (Lipinski definition) is 4. The lowest BCUT2D eigenvalue weighted by atomic mass is 9.77. The Bertz CT molecular complexity index is 575. The van der Waals surface area contributed by atoms with Gasteiger partial charge in [0, 0.05) is 24.0 Å². The van der Waals surface area contributed by atoms with Crippen molar-refractivity contribution in [3.05, 3.63) is 23.2 Å². The van der Waals surface area contributed by atoms with E-state index in [0.717, 1.165) is 13.0 Å². The van der Waals surface area contributed by atoms with Crippen molar-refractivity contribution in [2.75, 3.05) is 25.6 Å². The second-order valence-electron chi connectivity index (χ2n) is 6.35. The molecule has 5 nitrogen and oxygen atoms in total. The summed E-state index contributed by atoms with van der Waals surface area (Å²) < 4.78 is 11.1. The summed E-state index contributed by atoms with van der Waals surface area (Å²) in [6.45, 7) is 1.39. The third kappa shape index (κ3) is 3.97. The molecule has 2 fully saturated rings. The molecule has 1 unspecified atom stereocenters. The van der Waals surface area contributed by atoms with E-state index in [2.05, 4.69) is 10.6 Å². The van der Waals surface area contributed by atoms with Gasteiger partial charge in [-0.2, -0.15) is 0 Å². The molecule has 1 aliphatic heterocycles. The van der Waals surface area contributed by atoms with Crippen molar-refractivity contribution >= 4 is 23.2 Å². The molecule has 1 spiro atoms. The zero-order chi connectivity index (χ0) is 16.3. The SMILES string of the molecule is COc1ccc(Cl)cc1NC(=O)CCNC1COC2(CCC2)C1. The molecule has 1 aromatic rings. The van der Waals surface area contributed by atoms with Crippen LogP contribution in [0.4, 0.5) is 5.69 Å². The molecule has 0 bridgehead atoms. The van der Waals surface area contributed by atoms with Gasteiger partial charge in [0.2, 0.25) is 5.91 Å². The van der Waals surface area contributed by atoms with Crippen LogP contribution in [0.2, 0.25) is 5.02 Å². The van der Waals surface area contributed by atoms with Crippen LogP contribution in [0.25, 0.3) is 0 Å². The van der Waals surface area contributed by atoms with E-state index >= 15 is 0 Å². The molecular formula is C17H23ClN2O3. The molecule has 3 rings (SSSR count). The summed E-state index contributed by atoms with van der Waals surface area (Å²) in [6, 6.07) is 5.53. The van der Waals surface area contributed by atoms with E-state index in [1.165, 1.54) is 19.3 Å². The van der Waals surface area contributed by atoms with Crippen LogP contribution in [0, 0.1) is 0 Å². The maximum Gasteiger partial charge on any atom is 0.225 e. The van der Waals surface area contributed by atoms with Crippen LogP contribution in [0.15, 0.2) is 18.2 Å². The Morgan fingerprint density at radius 2 is 2.30 bits per heavy atom. The van der Waals surface area contributed by atoms with E-state index in [0.29, 0.717) is 35.5 Å². The quantitative estimate of drug-likeness (QED) is 0.837. The third-order valence-electron chi connectivity index (χ3n) is 4.69. The predicted octanol–water partition coefficient (Wildman–Crippen LogP) is 2.98. The number of carbonyl (C=O) groups is 1. The molecule has 1 amide bonds. The van der Waals surface area contributed by atoms with Gasteiger partial charge >= 0.3 is 0 Å². The normalized spacial score (nSPS) is 21.9. The first-order valence-corrected chi connectivity index (χ1v) is 8.49. The van der Waals surface area contributed by atoms with E-state index in [1.54, 1.807) is 25.3 Å². The number of carbonyl (C=O) groups excluding carboxylic acids is 1. The van der Waals surface area contributed by atoms with Gasteiger partial charge in [-0.15, -0.1) is 0 Å². The topological polar surface area (TPSA) is 59.6 Å². The molecule has 6 heteroatoms. The summed E-state index contributed by atoms with van der Waals surface area (Å²) in [7, 11) is 1.57. The second-order valence-corrected chi connectivity index (χ2v) is 6.78. The average molecular weight is 339 g/mol. The van der Waals surface area contributed by atoms with Crippen LogP contribution >= 0.6 is 11.6 Å². The van der Waals surface area contributed by atoms with Gasteiger partial charge in [0.05, 0.1) is 25.0 Å². The minimum atomic E-state index is -0.0599. The minimum Gasteiger partial charge on any atom is -0.495 e. The maximum atomic E-state index is 12.1. The van der Waals surface area contributed by atoms with E-state index in [9.17, 15) is 4.79 Å². The van der Waals surface area contributed by atoms with Crippen molar-refractivity contribution in [1.29, 1.82) is 0 Å². The molecule has 126 valence electrons. The third-order valence-corrected chi connectivity index (χ3v) is 4.93. The van der Waals surface area contributed by atoms with Crippen molar-refractivity contribution < 1.29 is 14.3 Å². The Balaban J connectivity index is 1.42. The van der Waals surface area contributed by atoms with Gasteiger partial charge in [-0.1, -0.05) is 11.6 Å². The highest BCUT2D eigenvalue weighted by Crippen LogP contribution is 2.43. The number of methoxy groups -OCH3 is 1. The van der Waals surface area contributed by atoms with Crippen molar-refractivity contribution in [2.24, 2.45) is 0 Å². The Kier molecular flexibility index (Phi) is 5.09. The fraction of sp³-hybridized carbons (Fsp3) is 0.588. The molecule has 2 aliphatic rings. The molecule has 1 atom stereocenters. The number of halogens is 1. The van der Waals surface area contributed by atoms with Crippen LogP contribution in [0.3, 0.4) is 0 Å². The Morgan fingerprint density at radius 3 is 2.96 bits per heavy atom. The van der Waals surface area contributed by atoms with Crippen LogP contribution in [-0.4, -0.2) is 37.8 Å². The molecule has 0 radical (unpaired) electrons. The summed E-state index contributed by atoms with van der Waals surface area (Å²) in [5.41, 5.74) is 0.747. The highest BCUT2D eigenvalue weighted by Gasteiger charge is 2.44. The fourth-order valence-electron chi connectivity index (χ4n) is 3.28. The molecule has 1 aliphatic carbocycles. The van der Waals surface area contributed by atoms with Crippen molar-refractivity contribution in [3.63, 3.8) is 0 Å². The first-order chi connectivity index (χ1) is 11.1. The molecule has 2 N–H and O–H groups in total. The lowest BCUT2D eigenvalue weighted by Gasteiger charge is -2.37. The van der Waals surface area contributed by atoms with Crippen LogP contribution in [-0.2, 0) is 9.53 Å². The number of benzene rings is 1. The van der Waals surface area contributed by atoms with Crippen molar-refractivity contribution in [3.8, 4) is 5.75 Å². The first-order valence-electron chi connectivity index (χ1n) is 8.11. The van der Waals surface area contributed by atoms with Gasteiger partial charge in [0.25, 0.3) is 0 Å². The average Bonchev–Trinajstić information content (AvgIpc) is 2.92. The van der Waals surface area contributed by atoms with Crippen molar-refractivity contribution in [2.45, 2.75) is 43.7 Å². The van der Waals surface area contributed by atoms with E-state index in [-0.39, 0.29) is 11.5 Å². The largest absolute Gasteiger partial charge is 0.495 e. The molecule has 1 heterocycles. The molecular weight excluding hydrogens is 316 g/mol. The number of ether oxygens (including phenoxy) is 2. The summed E-state index contributed by atoms with van der Waals surface area (Å²) >= 11 is 5.96. The smallest absolute Gasteiger partial charge is 0.225 e. The lowest BCUT2D eigenvalue weighted by Crippen LogP contribution is -2.38. The summed E-state index contributed by atoms with van der Waals surface area (Å²) in [4.78, 5) is 12.1. The summed E-state index contributed by atoms with van der Waals surface area (Å²) in [6.07, 6.45) is 5.10. The molecule has 1 aromatic carbocycles. The van der Waals surface area contributed by atoms with Gasteiger partial charge < -0.3 is 20.1 Å². The zero-order valence-electron chi connectivity index (χ0n) is 13.4. The highest BCUT2D eigenvalue weighted by molar-refractivity contribution is 6.31. The van der Waals surface area contributed by atoms with E-state index in [4.69, 9.17) is 21.1 Å². The van der Waals surface area contributed by atoms with Gasteiger partial charge in [-0.25, -0.2) is 0 Å². The number of amides is 1. The molecule has 0 aromatic heterocycles. The standard InChI is InChI=1S/C17H23ClN2O3/c1-22-15-4-3-12(18)9-14(15)20-16(21)5-8-19-13-10-17(23-11-13)6-2-7-17/h3-4,9,13,19H,2,5-8,10-11H2,1H3,(H,20,21). The Morgan fingerprint density at radius 1 is 1.48 bits per heavy atom. The number of hydrogen-bond donors (Lipinski definition) is 2. The predicted molar refractivity (Wildman–Crippen MR) is 90.2 cm³/mol. The van der Waals surface area contributed by atoms with Gasteiger partial charge in [-0.3, -0.25) is 4.79 Å². The minimum absolute atomic E-state index is 0.0599. The highest BCUT2D eigenvalue weighted by atomic mass is 35.5. The van der Waals surface area contributed by atoms with Gasteiger partial charge in [0.15, 0.2) is 0 Å². The summed E-state index contributed by atoms with van der Waals surface area (Å²) in [5, 5.41) is 6.83. The Hall–Kier alpha value is -1.30. The number of anilines is 1. The number of nitrogens with one attached hydrogen (secondary N) is 2. The lowest BCUT2D eigenvalue weighted by molar-refractivity contribution is -0.116. The molecule has 23 heavy (non-hydrogen) atoms. The second kappa shape index (κ2) is 7.07. The van der Waals surface area contributed by atoms with Crippen LogP contribution in [0.5, 0.6) is 5.75 Å². The molecule has 1 saturated heterocycles. The van der Waals surface area contributed by atoms with Gasteiger partial charge in [-0.05, 0) is 43.9 Å². The first kappa shape index (κ1) is 16.6. The fourth-order valence-corrected chi connectivity index (χ4v) is 3.45. The van der Waals surface area contributed by atoms with Crippen molar-refractivity contribution in [1.82, 2.24) is 5.32 Å². The number of rotatable bonds is 6. The van der Waals surface area contributed by atoms with E-state index < -0.39 is 0 Å². The summed E-state index contributed by atoms with van der Waals surface area (Å²) in [5.74, 6) is 0.544. The van der Waals surface area contributed by atoms with Crippen LogP contribution < -0.4 is 15.4 Å². The maximum absolute atomic E-state index is 12.1. The molecule has 1 saturated carbocycles. The zero-order valence-corrected chi connectivity index (χ0v) is 14.1. The Labute approximate surface area is 141 Å². The van der Waals surface area contributed by atoms with E-state index in [1.807, 2.05) is 0 Å². The monoisotopic (exact) mass is 338 g/mol. The van der Waals surface area contributed by atoms with Crippen LogP contribution in [0.1, 0.15) is 32.1 Å².